The van der Waals surface area contributed by atoms with E-state index in [1.807, 2.05) is 31.2 Å². The normalized spacial score (nSPS) is 23.0. The number of alkyl carbamates (subject to hydrolysis) is 1. The number of aromatic nitrogens is 4. The number of rotatable bonds is 38. The number of carbonyl (C=O) groups is 2. The number of unbranched alkanes of at least 4 members (excludes halogenated alkanes) is 4. The molecule has 31 nitrogen and oxygen atoms in total. The monoisotopic (exact) mass is 1320 g/mol. The van der Waals surface area contributed by atoms with E-state index in [9.17, 15) is 52.8 Å². The minimum absolute atomic E-state index is 0.00497. The second kappa shape index (κ2) is 36.6. The lowest BCUT2D eigenvalue weighted by molar-refractivity contribution is -0.236. The van der Waals surface area contributed by atoms with Gasteiger partial charge in [-0.2, -0.15) is 5.10 Å². The van der Waals surface area contributed by atoms with Crippen LogP contribution in [0.15, 0.2) is 72.2 Å². The number of carbonyl (C=O) groups excluding carboxylic acids is 2. The van der Waals surface area contributed by atoms with Crippen molar-refractivity contribution in [2.75, 3.05) is 92.4 Å². The van der Waals surface area contributed by atoms with Gasteiger partial charge in [0.15, 0.2) is 0 Å². The first-order valence-corrected chi connectivity index (χ1v) is 33.8. The molecule has 3 aromatic rings. The molecule has 0 bridgehead atoms. The Kier molecular flexibility index (Phi) is 29.3. The lowest BCUT2D eigenvalue weighted by Crippen LogP contribution is -2.35. The van der Waals surface area contributed by atoms with Crippen LogP contribution >= 0.6 is 15.6 Å². The van der Waals surface area contributed by atoms with Crippen LogP contribution in [0.1, 0.15) is 126 Å². The number of phosphoric ester groups is 2. The molecule has 3 aliphatic heterocycles. The van der Waals surface area contributed by atoms with Crippen LogP contribution in [0.3, 0.4) is 0 Å². The molecule has 1 aliphatic carbocycles. The zero-order valence-corrected chi connectivity index (χ0v) is 53.6. The predicted octanol–water partition coefficient (Wildman–Crippen LogP) is 2.89. The average molecular weight is 1330 g/mol. The fraction of sp³-hybridized carbons (Fsp3) is 0.672. The number of amides is 2. The van der Waals surface area contributed by atoms with Crippen molar-refractivity contribution in [1.29, 1.82) is 0 Å². The van der Waals surface area contributed by atoms with Gasteiger partial charge in [-0.05, 0) is 81.9 Å². The number of hydrogen-bond donors (Lipinski definition) is 6. The molecule has 2 aromatic heterocycles. The van der Waals surface area contributed by atoms with Crippen LogP contribution in [0.4, 0.5) is 4.79 Å². The predicted molar refractivity (Wildman–Crippen MR) is 322 cm³/mol. The van der Waals surface area contributed by atoms with Crippen LogP contribution in [0, 0.1) is 19.8 Å². The number of aliphatic hydroxyl groups excluding tert-OH is 1. The lowest BCUT2D eigenvalue weighted by Gasteiger charge is -2.33. The van der Waals surface area contributed by atoms with Crippen molar-refractivity contribution in [2.45, 2.75) is 154 Å². The van der Waals surface area contributed by atoms with Gasteiger partial charge in [0.1, 0.15) is 43.1 Å². The fourth-order valence-corrected chi connectivity index (χ4v) is 12.2. The number of hydrogen-bond acceptors (Lipinski definition) is 25. The zero-order chi connectivity index (χ0) is 65.3. The highest BCUT2D eigenvalue weighted by atomic mass is 31.2. The van der Waals surface area contributed by atoms with Gasteiger partial charge in [-0.1, -0.05) is 39.0 Å². The van der Waals surface area contributed by atoms with Gasteiger partial charge in [0.25, 0.3) is 26.8 Å². The Balaban J connectivity index is 0.782. The van der Waals surface area contributed by atoms with E-state index in [4.69, 9.17) is 61.1 Å². The molecule has 33 heteroatoms. The number of nitrogens with zero attached hydrogens (tertiary/aromatic N) is 3. The molecule has 2 amide bonds. The molecule has 1 aromatic carbocycles. The van der Waals surface area contributed by atoms with Gasteiger partial charge >= 0.3 is 17.5 Å². The number of nitrogens with one attached hydrogen (secondary N) is 5. The van der Waals surface area contributed by atoms with E-state index < -0.39 is 113 Å². The SMILES string of the molecule is CCCCCCCNC(=O)CCOCCOCCOCCOCCOc1ccc(C2=NNC(C)=C3CC(OC(=O)NCCOP(=O)([O-])OC[C@H]4O[C@@H](n5cc(C)c(=O)[nH]c5=O)CC4OP(=O)([O-])OC[C@H]4O[C@@H](n5cc(C)c(=O)[nH]c5=O)CC4O)CCCCC23)cc1. The van der Waals surface area contributed by atoms with Crippen LogP contribution in [0.2, 0.25) is 0 Å². The Labute approximate surface area is 526 Å². The molecule has 10 atom stereocenters. The first-order valence-electron chi connectivity index (χ1n) is 30.8. The van der Waals surface area contributed by atoms with E-state index in [0.717, 1.165) is 70.0 Å². The number of fused-ring (bicyclic) bond motifs is 1. The molecular weight excluding hydrogens is 1240 g/mol. The summed E-state index contributed by atoms with van der Waals surface area (Å²) in [5.74, 6) is 0.607. The minimum atomic E-state index is -5.37. The summed E-state index contributed by atoms with van der Waals surface area (Å²) < 4.78 is 94.3. The molecule has 1 saturated carbocycles. The Morgan fingerprint density at radius 2 is 1.29 bits per heavy atom. The van der Waals surface area contributed by atoms with Crippen LogP contribution in [-0.4, -0.2) is 165 Å². The topological polar surface area (TPSA) is 404 Å². The summed E-state index contributed by atoms with van der Waals surface area (Å²) in [6.45, 7) is 8.55. The fourth-order valence-electron chi connectivity index (χ4n) is 10.5. The Hall–Kier alpha value is -5.73. The first kappa shape index (κ1) is 72.7. The molecule has 3 fully saturated rings. The highest BCUT2D eigenvalue weighted by Gasteiger charge is 2.42. The third-order valence-electron chi connectivity index (χ3n) is 15.4. The first-order chi connectivity index (χ1) is 43.7. The van der Waals surface area contributed by atoms with Crippen LogP contribution in [-0.2, 0) is 65.2 Å². The van der Waals surface area contributed by atoms with Gasteiger partial charge in [0, 0.05) is 73.9 Å². The van der Waals surface area contributed by atoms with Crippen LogP contribution in [0.25, 0.3) is 0 Å². The number of hydrazone groups is 1. The smallest absolute Gasteiger partial charge is 0.407 e. The third-order valence-corrected chi connectivity index (χ3v) is 17.3. The maximum absolute atomic E-state index is 13.3. The van der Waals surface area contributed by atoms with Crippen molar-refractivity contribution in [3.05, 3.63) is 106 Å². The maximum Gasteiger partial charge on any atom is 0.407 e. The van der Waals surface area contributed by atoms with Gasteiger partial charge < -0.3 is 81.5 Å². The molecule has 4 aliphatic rings. The van der Waals surface area contributed by atoms with Crippen molar-refractivity contribution in [3.8, 4) is 5.75 Å². The summed E-state index contributed by atoms with van der Waals surface area (Å²) in [5.41, 5.74) is 3.98. The van der Waals surface area contributed by atoms with E-state index >= 15 is 0 Å². The quantitative estimate of drug-likeness (QED) is 0.0355. The molecule has 0 spiro atoms. The Morgan fingerprint density at radius 1 is 0.703 bits per heavy atom. The standard InChI is InChI=1S/C58H88N8O23P2/c1-5-6-7-8-11-19-59-50(68)18-21-78-23-24-79-25-26-80-27-28-81-29-30-82-42-16-14-41(15-17-42)53-44-13-10-9-12-43(31-45(44)40(4)63-64-53)86-58(73)60-20-22-83-90(74,75)84-37-49-47(33-52(88-49)66-35-39(3)55(70)62-57(66)72)89-91(76,77)85-36-48-46(67)32-51(87-48)65-34-38(2)54(69)61-56(65)71/h14-17,34-35,43-44,46-49,51-52,63,67H,5-13,18-33,36-37H2,1-4H3,(H,59,68)(H,60,73)(H,74,75)(H,76,77)(H,61,69,71)(H,62,70,72)/p-2/t43?,44?,46?,47?,48-,49-,51-,52-/m1/s1. The molecular formula is C58H86N8O23P2-2. The molecule has 2 saturated heterocycles. The van der Waals surface area contributed by atoms with Crippen molar-refractivity contribution >= 4 is 33.4 Å². The third kappa shape index (κ3) is 23.7. The average Bonchev–Trinajstić information content (AvgIpc) is 1.83. The summed E-state index contributed by atoms with van der Waals surface area (Å²) >= 11 is 0. The summed E-state index contributed by atoms with van der Waals surface area (Å²) in [5, 5.41) is 20.8. The van der Waals surface area contributed by atoms with E-state index in [0.29, 0.717) is 91.0 Å². The molecule has 6 unspecified atom stereocenters. The summed E-state index contributed by atoms with van der Waals surface area (Å²) in [7, 11) is -10.6. The number of aromatic amines is 2. The summed E-state index contributed by atoms with van der Waals surface area (Å²) in [6, 6.07) is 7.63. The molecule has 6 N–H and O–H groups in total. The number of allylic oxidation sites excluding steroid dienone is 1. The van der Waals surface area contributed by atoms with Gasteiger partial charge in [0.05, 0.1) is 90.6 Å². The van der Waals surface area contributed by atoms with Gasteiger partial charge in [0.2, 0.25) is 5.91 Å². The van der Waals surface area contributed by atoms with Gasteiger partial charge in [-0.25, -0.2) is 14.4 Å². The number of aliphatic hydroxyl groups is 1. The maximum atomic E-state index is 13.3. The highest BCUT2D eigenvalue weighted by molar-refractivity contribution is 7.46. The molecule has 5 heterocycles. The minimum Gasteiger partial charge on any atom is -0.756 e. The van der Waals surface area contributed by atoms with Crippen molar-refractivity contribution < 1.29 is 89.6 Å². The number of H-pyrrole nitrogens is 2. The van der Waals surface area contributed by atoms with Gasteiger partial charge in [-0.3, -0.25) is 48.0 Å². The van der Waals surface area contributed by atoms with Gasteiger partial charge in [-0.15, -0.1) is 0 Å². The summed E-state index contributed by atoms with van der Waals surface area (Å²) in [6.07, 6.45) is 1.88. The van der Waals surface area contributed by atoms with Crippen LogP contribution in [0.5, 0.6) is 5.75 Å². The largest absolute Gasteiger partial charge is 0.756 e. The van der Waals surface area contributed by atoms with E-state index in [1.165, 1.54) is 39.3 Å². The molecule has 508 valence electrons. The number of phosphoric acid groups is 2. The van der Waals surface area contributed by atoms with Crippen molar-refractivity contribution in [2.24, 2.45) is 11.0 Å². The molecule has 0 radical (unpaired) electrons. The van der Waals surface area contributed by atoms with E-state index in [1.54, 1.807) is 0 Å². The Bertz CT molecular complexity index is 3230. The van der Waals surface area contributed by atoms with E-state index in [-0.39, 0.29) is 35.9 Å². The second-order valence-corrected chi connectivity index (χ2v) is 25.1. The van der Waals surface area contributed by atoms with Crippen molar-refractivity contribution in [1.82, 2.24) is 35.2 Å². The Morgan fingerprint density at radius 3 is 1.95 bits per heavy atom. The second-order valence-electron chi connectivity index (χ2n) is 22.3. The molecule has 7 rings (SSSR count). The number of ether oxygens (including phenoxy) is 8. The number of aryl methyl sites for hydroxylation is 2. The number of benzene rings is 1. The van der Waals surface area contributed by atoms with Crippen molar-refractivity contribution in [3.63, 3.8) is 0 Å². The highest BCUT2D eigenvalue weighted by Crippen LogP contribution is 2.47. The zero-order valence-electron chi connectivity index (χ0n) is 51.8. The van der Waals surface area contributed by atoms with E-state index in [2.05, 4.69) is 33.0 Å². The molecule has 91 heavy (non-hydrogen) atoms. The summed E-state index contributed by atoms with van der Waals surface area (Å²) in [4.78, 5) is 105. The lowest BCUT2D eigenvalue weighted by atomic mass is 9.79. The van der Waals surface area contributed by atoms with Crippen LogP contribution < -0.4 is 53.1 Å².